The van der Waals surface area contributed by atoms with Gasteiger partial charge in [0, 0.05) is 0 Å². The molecule has 0 aromatic carbocycles. The fourth-order valence-electron chi connectivity index (χ4n) is 1.19. The van der Waals surface area contributed by atoms with E-state index in [9.17, 15) is 0 Å². The first kappa shape index (κ1) is 18.2. The van der Waals surface area contributed by atoms with Gasteiger partial charge < -0.3 is 0 Å². The third kappa shape index (κ3) is 25.2. The first-order valence-corrected chi connectivity index (χ1v) is 8.89. The zero-order valence-electron chi connectivity index (χ0n) is 10.9. The molecule has 2 radical (unpaired) electrons. The van der Waals surface area contributed by atoms with Crippen LogP contribution in [0.25, 0.3) is 0 Å². The van der Waals surface area contributed by atoms with Crippen molar-refractivity contribution in [3.63, 3.8) is 0 Å². The van der Waals surface area contributed by atoms with Gasteiger partial charge in [-0.1, -0.05) is 57.8 Å². The molecule has 0 heterocycles. The Balaban J connectivity index is 0. The second kappa shape index (κ2) is 17.2. The molecule has 0 nitrogen and oxygen atoms in total. The molecule has 0 aromatic rings. The summed E-state index contributed by atoms with van der Waals surface area (Å²) in [6.07, 6.45) is 7.73. The van der Waals surface area contributed by atoms with Gasteiger partial charge in [-0.25, -0.2) is 0 Å². The summed E-state index contributed by atoms with van der Waals surface area (Å²) in [6, 6.07) is 0. The van der Waals surface area contributed by atoms with Crippen molar-refractivity contribution in [2.45, 2.75) is 55.6 Å². The lowest BCUT2D eigenvalue weighted by Crippen LogP contribution is -1.87. The van der Waals surface area contributed by atoms with Gasteiger partial charge in [-0.15, -0.1) is 9.10 Å². The molecular formula is C13H25AlMg. The van der Waals surface area contributed by atoms with Gasteiger partial charge in [-0.3, -0.25) is 0 Å². The number of hydrogen-bond donors (Lipinski definition) is 0. The highest BCUT2D eigenvalue weighted by Crippen LogP contribution is 1.99. The quantitative estimate of drug-likeness (QED) is 0.347. The summed E-state index contributed by atoms with van der Waals surface area (Å²) >= 11 is 2.87. The largest absolute Gasteiger partial charge is 0.364 e. The van der Waals surface area contributed by atoms with Crippen LogP contribution in [0, 0.1) is 0 Å². The normalized spacial score (nSPS) is 9.27. The fraction of sp³-hybridized carbons (Fsp3) is 0.692. The zero-order chi connectivity index (χ0) is 11.9. The number of rotatable bonds is 7. The van der Waals surface area contributed by atoms with Gasteiger partial charge in [0.15, 0.2) is 16.3 Å². The van der Waals surface area contributed by atoms with Crippen LogP contribution >= 0.6 is 0 Å². The second-order valence-electron chi connectivity index (χ2n) is 3.97. The highest BCUT2D eigenvalue weighted by atomic mass is 27.0. The van der Waals surface area contributed by atoms with Crippen LogP contribution in [0.15, 0.2) is 23.2 Å². The van der Waals surface area contributed by atoms with Crippen molar-refractivity contribution in [2.24, 2.45) is 0 Å². The highest BCUT2D eigenvalue weighted by Gasteiger charge is 1.92. The summed E-state index contributed by atoms with van der Waals surface area (Å²) in [6.45, 7) is 10.2. The van der Waals surface area contributed by atoms with Crippen LogP contribution in [-0.2, 0) is 0 Å². The standard InChI is InChI=1S/C5H7.2C4H9.Al.Mg/c1-4-5(2)3;2*1-3-4-2;;/h1,4H,2H2,3H3;2*1,3-4H2,2H3;;. The molecule has 0 bridgehead atoms. The van der Waals surface area contributed by atoms with Crippen molar-refractivity contribution in [1.29, 1.82) is 0 Å². The van der Waals surface area contributed by atoms with Crippen LogP contribution in [0.3, 0.4) is 0 Å². The molecule has 0 aromatic heterocycles. The van der Waals surface area contributed by atoms with E-state index < -0.39 is 0 Å². The van der Waals surface area contributed by atoms with Crippen molar-refractivity contribution >= 4 is 36.7 Å². The first-order chi connectivity index (χ1) is 7.18. The minimum Gasteiger partial charge on any atom is -0.172 e. The molecule has 0 atom stereocenters. The van der Waals surface area contributed by atoms with E-state index in [4.69, 9.17) is 0 Å². The van der Waals surface area contributed by atoms with E-state index in [2.05, 4.69) is 36.7 Å². The molecule has 0 saturated heterocycles. The lowest BCUT2D eigenvalue weighted by atomic mass is 10.4. The molecule has 2 heteroatoms. The summed E-state index contributed by atoms with van der Waals surface area (Å²) in [5.41, 5.74) is 1.09. The third-order valence-electron chi connectivity index (χ3n) is 2.09. The fourth-order valence-corrected chi connectivity index (χ4v) is 3.58. The molecule has 0 aliphatic rings. The molecule has 0 amide bonds. The maximum Gasteiger partial charge on any atom is 0.364 e. The highest BCUT2D eigenvalue weighted by molar-refractivity contribution is 6.35. The van der Waals surface area contributed by atoms with Crippen molar-refractivity contribution in [2.75, 3.05) is 0 Å². The molecule has 0 unspecified atom stereocenters. The minimum atomic E-state index is 0.389. The molecular weight excluding hydrogens is 207 g/mol. The molecule has 0 fully saturated rings. The van der Waals surface area contributed by atoms with E-state index >= 15 is 0 Å². The topological polar surface area (TPSA) is 0 Å². The van der Waals surface area contributed by atoms with Gasteiger partial charge in [0.2, 0.25) is 0 Å². The number of allylic oxidation sites excluding steroid dienone is 2. The van der Waals surface area contributed by atoms with Crippen molar-refractivity contribution in [3.8, 4) is 0 Å². The first-order valence-electron chi connectivity index (χ1n) is 6.22. The van der Waals surface area contributed by atoms with E-state index in [0.717, 1.165) is 5.57 Å². The monoisotopic (exact) mass is 232 g/mol. The molecule has 0 aliphatic carbocycles. The summed E-state index contributed by atoms with van der Waals surface area (Å²) in [5.74, 6) is 0. The summed E-state index contributed by atoms with van der Waals surface area (Å²) in [4.78, 5) is 1.89. The Bertz CT molecular complexity index is 147. The SMILES string of the molecule is C=C(C)C=[CH][Al].CCC[CH2][Mg][CH2]CCC. The Morgan fingerprint density at radius 3 is 1.87 bits per heavy atom. The molecule has 0 rings (SSSR count). The van der Waals surface area contributed by atoms with Crippen LogP contribution in [0.5, 0.6) is 0 Å². The second-order valence-corrected chi connectivity index (χ2v) is 6.48. The Morgan fingerprint density at radius 1 is 1.20 bits per heavy atom. The maximum absolute atomic E-state index is 3.64. The molecule has 0 N–H and O–H groups in total. The molecule has 0 spiro atoms. The predicted molar refractivity (Wildman–Crippen MR) is 74.9 cm³/mol. The van der Waals surface area contributed by atoms with Gasteiger partial charge in [0.05, 0.1) is 0 Å². The van der Waals surface area contributed by atoms with E-state index in [0.29, 0.717) is 20.4 Å². The molecule has 82 valence electrons. The van der Waals surface area contributed by atoms with E-state index in [-0.39, 0.29) is 0 Å². The lowest BCUT2D eigenvalue weighted by Gasteiger charge is -1.93. The molecule has 15 heavy (non-hydrogen) atoms. The van der Waals surface area contributed by atoms with Gasteiger partial charge in [-0.2, -0.15) is 4.94 Å². The average Bonchev–Trinajstić information content (AvgIpc) is 2.18. The van der Waals surface area contributed by atoms with Crippen LogP contribution < -0.4 is 0 Å². The lowest BCUT2D eigenvalue weighted by molar-refractivity contribution is 0.851. The van der Waals surface area contributed by atoms with Crippen molar-refractivity contribution < 1.29 is 0 Å². The van der Waals surface area contributed by atoms with Crippen LogP contribution in [0.4, 0.5) is 0 Å². The molecule has 0 aliphatic heterocycles. The number of hydrogen-bond acceptors (Lipinski definition) is 0. The summed E-state index contributed by atoms with van der Waals surface area (Å²) in [5, 5.41) is 0. The van der Waals surface area contributed by atoms with Gasteiger partial charge in [0.1, 0.15) is 0 Å². The zero-order valence-corrected chi connectivity index (χ0v) is 13.5. The average molecular weight is 233 g/mol. The third-order valence-corrected chi connectivity index (χ3v) is 4.28. The minimum absolute atomic E-state index is 0.389. The smallest absolute Gasteiger partial charge is 0.172 e. The predicted octanol–water partition coefficient (Wildman–Crippen LogP) is 4.37. The van der Waals surface area contributed by atoms with Crippen LogP contribution in [0.1, 0.15) is 46.5 Å². The van der Waals surface area contributed by atoms with E-state index in [1.54, 1.807) is 9.10 Å². The van der Waals surface area contributed by atoms with Crippen LogP contribution in [-0.4, -0.2) is 36.7 Å². The summed E-state index contributed by atoms with van der Waals surface area (Å²) < 4.78 is 3.19. The van der Waals surface area contributed by atoms with Crippen molar-refractivity contribution in [1.82, 2.24) is 0 Å². The van der Waals surface area contributed by atoms with E-state index in [1.165, 1.54) is 25.7 Å². The van der Waals surface area contributed by atoms with Crippen LogP contribution in [0.2, 0.25) is 9.10 Å². The maximum atomic E-state index is 3.64. The number of unbranched alkanes of at least 4 members (excludes halogenated alkanes) is 2. The Kier molecular flexibility index (Phi) is 20.8. The van der Waals surface area contributed by atoms with Gasteiger partial charge in [-0.05, 0) is 6.92 Å². The van der Waals surface area contributed by atoms with Gasteiger partial charge >= 0.3 is 20.4 Å². The van der Waals surface area contributed by atoms with E-state index in [1.807, 2.05) is 17.9 Å². The summed E-state index contributed by atoms with van der Waals surface area (Å²) in [7, 11) is 0. The Labute approximate surface area is 115 Å². The Morgan fingerprint density at radius 2 is 1.67 bits per heavy atom. The molecule has 0 saturated carbocycles. The van der Waals surface area contributed by atoms with Crippen molar-refractivity contribution in [3.05, 3.63) is 23.2 Å². The van der Waals surface area contributed by atoms with Gasteiger partial charge in [0.25, 0.3) is 0 Å². The Hall–Kier alpha value is 0.779.